The minimum Gasteiger partial charge on any atom is -0.398 e. The topological polar surface area (TPSA) is 49.6 Å². The van der Waals surface area contributed by atoms with Crippen molar-refractivity contribution in [2.75, 3.05) is 37.3 Å². The lowest BCUT2D eigenvalue weighted by Crippen LogP contribution is -2.38. The van der Waals surface area contributed by atoms with Crippen LogP contribution in [0, 0.1) is 6.92 Å². The lowest BCUT2D eigenvalue weighted by atomic mass is 10.2. The predicted octanol–water partition coefficient (Wildman–Crippen LogP) is 1.88. The molecule has 0 aromatic heterocycles. The van der Waals surface area contributed by atoms with E-state index in [2.05, 4.69) is 0 Å². The highest BCUT2D eigenvalue weighted by Gasteiger charge is 2.13. The molecule has 4 heteroatoms. The Morgan fingerprint density at radius 1 is 1.28 bits per heavy atom. The number of likely N-dealkylation sites (N-methyl/N-ethyl adjacent to an activating group) is 2. The average Bonchev–Trinajstić information content (AvgIpc) is 2.34. The number of hydrogen-bond acceptors (Lipinski definition) is 3. The first-order valence-electron chi connectivity index (χ1n) is 6.34. The average molecular weight is 249 g/mol. The van der Waals surface area contributed by atoms with Crippen LogP contribution in [0.1, 0.15) is 19.4 Å². The summed E-state index contributed by atoms with van der Waals surface area (Å²) in [6.07, 6.45) is 0. The summed E-state index contributed by atoms with van der Waals surface area (Å²) in [5, 5.41) is 0. The van der Waals surface area contributed by atoms with E-state index in [0.717, 1.165) is 30.0 Å². The number of carbonyl (C=O) groups is 1. The molecule has 0 unspecified atom stereocenters. The molecule has 2 N–H and O–H groups in total. The number of nitrogens with zero attached hydrogens (tertiary/aromatic N) is 2. The molecule has 1 aromatic rings. The van der Waals surface area contributed by atoms with E-state index in [9.17, 15) is 4.79 Å². The van der Waals surface area contributed by atoms with Gasteiger partial charge in [0.05, 0.1) is 6.54 Å². The van der Waals surface area contributed by atoms with E-state index < -0.39 is 0 Å². The number of nitrogen functional groups attached to an aromatic ring is 1. The van der Waals surface area contributed by atoms with E-state index >= 15 is 0 Å². The van der Waals surface area contributed by atoms with E-state index in [0.29, 0.717) is 6.54 Å². The minimum atomic E-state index is 0.140. The largest absolute Gasteiger partial charge is 0.398 e. The van der Waals surface area contributed by atoms with Crippen LogP contribution in [-0.4, -0.2) is 37.5 Å². The highest BCUT2D eigenvalue weighted by Crippen LogP contribution is 2.19. The highest BCUT2D eigenvalue weighted by atomic mass is 16.2. The fourth-order valence-corrected chi connectivity index (χ4v) is 1.84. The van der Waals surface area contributed by atoms with Crippen LogP contribution in [-0.2, 0) is 4.79 Å². The Kier molecular flexibility index (Phi) is 5.01. The van der Waals surface area contributed by atoms with Crippen molar-refractivity contribution < 1.29 is 4.79 Å². The molecular formula is C14H23N3O. The molecule has 0 atom stereocenters. The molecule has 0 aliphatic carbocycles. The van der Waals surface area contributed by atoms with Gasteiger partial charge in [-0.3, -0.25) is 4.79 Å². The maximum atomic E-state index is 12.0. The molecule has 0 saturated carbocycles. The number of aryl methyl sites for hydroxylation is 1. The van der Waals surface area contributed by atoms with E-state index in [4.69, 9.17) is 5.73 Å². The van der Waals surface area contributed by atoms with Crippen molar-refractivity contribution in [3.05, 3.63) is 23.8 Å². The third-order valence-corrected chi connectivity index (χ3v) is 3.19. The molecule has 0 spiro atoms. The second-order valence-corrected chi connectivity index (χ2v) is 4.46. The van der Waals surface area contributed by atoms with Crippen LogP contribution >= 0.6 is 0 Å². The van der Waals surface area contributed by atoms with Gasteiger partial charge in [-0.2, -0.15) is 0 Å². The molecule has 0 aliphatic rings. The zero-order valence-corrected chi connectivity index (χ0v) is 11.7. The van der Waals surface area contributed by atoms with Gasteiger partial charge < -0.3 is 15.5 Å². The second-order valence-electron chi connectivity index (χ2n) is 4.46. The first-order chi connectivity index (χ1) is 8.49. The number of hydrogen-bond donors (Lipinski definition) is 1. The SMILES string of the molecule is CCN(CC)C(=O)CN(C)c1ccc(C)c(N)c1. The van der Waals surface area contributed by atoms with Crippen molar-refractivity contribution >= 4 is 17.3 Å². The summed E-state index contributed by atoms with van der Waals surface area (Å²) in [5.74, 6) is 0.140. The smallest absolute Gasteiger partial charge is 0.242 e. The fourth-order valence-electron chi connectivity index (χ4n) is 1.84. The predicted molar refractivity (Wildman–Crippen MR) is 76.8 cm³/mol. The van der Waals surface area contributed by atoms with Crippen molar-refractivity contribution in [1.29, 1.82) is 0 Å². The van der Waals surface area contributed by atoms with Gasteiger partial charge in [-0.15, -0.1) is 0 Å². The number of benzene rings is 1. The molecule has 0 saturated heterocycles. The van der Waals surface area contributed by atoms with Crippen LogP contribution in [0.5, 0.6) is 0 Å². The van der Waals surface area contributed by atoms with Gasteiger partial charge in [0.1, 0.15) is 0 Å². The first kappa shape index (κ1) is 14.4. The normalized spacial score (nSPS) is 10.2. The minimum absolute atomic E-state index is 0.140. The molecule has 1 aromatic carbocycles. The molecule has 0 aliphatic heterocycles. The molecule has 0 bridgehead atoms. The maximum Gasteiger partial charge on any atom is 0.242 e. The lowest BCUT2D eigenvalue weighted by Gasteiger charge is -2.24. The van der Waals surface area contributed by atoms with Crippen molar-refractivity contribution in [3.8, 4) is 0 Å². The monoisotopic (exact) mass is 249 g/mol. The van der Waals surface area contributed by atoms with Crippen LogP contribution in [0.3, 0.4) is 0 Å². The Hall–Kier alpha value is -1.71. The van der Waals surface area contributed by atoms with Crippen molar-refractivity contribution in [2.24, 2.45) is 0 Å². The summed E-state index contributed by atoms with van der Waals surface area (Å²) in [6.45, 7) is 7.83. The van der Waals surface area contributed by atoms with E-state index in [1.54, 1.807) is 0 Å². The molecule has 0 fully saturated rings. The quantitative estimate of drug-likeness (QED) is 0.811. The molecule has 0 radical (unpaired) electrons. The van der Waals surface area contributed by atoms with Gasteiger partial charge in [-0.1, -0.05) is 6.07 Å². The van der Waals surface area contributed by atoms with Gasteiger partial charge in [-0.05, 0) is 38.5 Å². The van der Waals surface area contributed by atoms with Crippen LogP contribution < -0.4 is 10.6 Å². The van der Waals surface area contributed by atoms with E-state index in [1.165, 1.54) is 0 Å². The Balaban J connectivity index is 2.73. The number of nitrogens with two attached hydrogens (primary N) is 1. The lowest BCUT2D eigenvalue weighted by molar-refractivity contribution is -0.129. The Bertz CT molecular complexity index is 414. The number of carbonyl (C=O) groups excluding carboxylic acids is 1. The maximum absolute atomic E-state index is 12.0. The molecule has 1 rings (SSSR count). The Morgan fingerprint density at radius 2 is 1.89 bits per heavy atom. The van der Waals surface area contributed by atoms with Gasteiger partial charge in [0, 0.05) is 31.5 Å². The summed E-state index contributed by atoms with van der Waals surface area (Å²) in [6, 6.07) is 5.87. The second kappa shape index (κ2) is 6.28. The van der Waals surface area contributed by atoms with Crippen LogP contribution in [0.2, 0.25) is 0 Å². The molecule has 1 amide bonds. The summed E-state index contributed by atoms with van der Waals surface area (Å²) in [5.41, 5.74) is 8.67. The van der Waals surface area contributed by atoms with Crippen LogP contribution in [0.4, 0.5) is 11.4 Å². The standard InChI is InChI=1S/C14H23N3O/c1-5-17(6-2)14(18)10-16(4)12-8-7-11(3)13(15)9-12/h7-9H,5-6,10,15H2,1-4H3. The number of rotatable bonds is 5. The molecule has 100 valence electrons. The third-order valence-electron chi connectivity index (χ3n) is 3.19. The van der Waals surface area contributed by atoms with Gasteiger partial charge in [0.15, 0.2) is 0 Å². The van der Waals surface area contributed by atoms with Gasteiger partial charge in [0.2, 0.25) is 5.91 Å². The molecule has 0 heterocycles. The van der Waals surface area contributed by atoms with Gasteiger partial charge in [-0.25, -0.2) is 0 Å². The zero-order valence-electron chi connectivity index (χ0n) is 11.7. The van der Waals surface area contributed by atoms with Crippen molar-refractivity contribution in [3.63, 3.8) is 0 Å². The summed E-state index contributed by atoms with van der Waals surface area (Å²) >= 11 is 0. The zero-order chi connectivity index (χ0) is 13.7. The first-order valence-corrected chi connectivity index (χ1v) is 6.34. The van der Waals surface area contributed by atoms with Crippen LogP contribution in [0.15, 0.2) is 18.2 Å². The van der Waals surface area contributed by atoms with Crippen LogP contribution in [0.25, 0.3) is 0 Å². The van der Waals surface area contributed by atoms with Crippen molar-refractivity contribution in [1.82, 2.24) is 4.90 Å². The summed E-state index contributed by atoms with van der Waals surface area (Å²) < 4.78 is 0. The molecular weight excluding hydrogens is 226 g/mol. The summed E-state index contributed by atoms with van der Waals surface area (Å²) in [7, 11) is 1.91. The van der Waals surface area contributed by atoms with Gasteiger partial charge in [0.25, 0.3) is 0 Å². The number of anilines is 2. The number of amides is 1. The van der Waals surface area contributed by atoms with E-state index in [-0.39, 0.29) is 5.91 Å². The fraction of sp³-hybridized carbons (Fsp3) is 0.500. The van der Waals surface area contributed by atoms with Gasteiger partial charge >= 0.3 is 0 Å². The summed E-state index contributed by atoms with van der Waals surface area (Å²) in [4.78, 5) is 15.7. The molecule has 4 nitrogen and oxygen atoms in total. The highest BCUT2D eigenvalue weighted by molar-refractivity contribution is 5.81. The Morgan fingerprint density at radius 3 is 2.39 bits per heavy atom. The molecule has 18 heavy (non-hydrogen) atoms. The third kappa shape index (κ3) is 3.39. The van der Waals surface area contributed by atoms with Crippen molar-refractivity contribution in [2.45, 2.75) is 20.8 Å². The Labute approximate surface area is 109 Å². The van der Waals surface area contributed by atoms with E-state index in [1.807, 2.05) is 55.8 Å².